The summed E-state index contributed by atoms with van der Waals surface area (Å²) in [5, 5.41) is 0. The predicted octanol–water partition coefficient (Wildman–Crippen LogP) is 3.97. The molecule has 0 N–H and O–H groups in total. The molecule has 1 aliphatic rings. The minimum absolute atomic E-state index is 0.290. The van der Waals surface area contributed by atoms with E-state index in [-0.39, 0.29) is 5.78 Å². The van der Waals surface area contributed by atoms with E-state index in [1.54, 1.807) is 76.4 Å². The summed E-state index contributed by atoms with van der Waals surface area (Å²) in [6.07, 6.45) is -0.752. The van der Waals surface area contributed by atoms with Gasteiger partial charge in [-0.15, -0.1) is 0 Å². The summed E-state index contributed by atoms with van der Waals surface area (Å²) in [7, 11) is 1.58. The van der Waals surface area contributed by atoms with Crippen LogP contribution >= 0.6 is 0 Å². The average Bonchev–Trinajstić information content (AvgIpc) is 2.60. The van der Waals surface area contributed by atoms with Gasteiger partial charge >= 0.3 is 5.97 Å². The van der Waals surface area contributed by atoms with Crippen LogP contribution in [0.25, 0.3) is 0 Å². The average molecular weight is 354 g/mol. The molecule has 136 valence electrons. The summed E-state index contributed by atoms with van der Waals surface area (Å²) in [6.45, 7) is 5.32. The lowest BCUT2D eigenvalue weighted by atomic mass is 9.85. The zero-order valence-corrected chi connectivity index (χ0v) is 15.3. The second kappa shape index (κ2) is 6.83. The first-order valence-electron chi connectivity index (χ1n) is 8.47. The Morgan fingerprint density at radius 2 is 1.69 bits per heavy atom. The van der Waals surface area contributed by atoms with Gasteiger partial charge in [0.1, 0.15) is 23.2 Å². The Labute approximate surface area is 152 Å². The number of benzene rings is 2. The molecular formula is C21H22O5. The summed E-state index contributed by atoms with van der Waals surface area (Å²) in [6, 6.07) is 14.1. The van der Waals surface area contributed by atoms with E-state index in [1.165, 1.54) is 0 Å². The Kier molecular flexibility index (Phi) is 4.72. The third kappa shape index (κ3) is 3.57. The number of esters is 1. The number of ether oxygens (including phenoxy) is 3. The number of methoxy groups -OCH3 is 1. The monoisotopic (exact) mass is 354 g/mol. The number of carbonyl (C=O) groups is 2. The van der Waals surface area contributed by atoms with Crippen LogP contribution in [-0.2, 0) is 9.53 Å². The van der Waals surface area contributed by atoms with Crippen molar-refractivity contribution >= 4 is 11.8 Å². The topological polar surface area (TPSA) is 61.8 Å². The smallest absolute Gasteiger partial charge is 0.321 e. The second-order valence-electron chi connectivity index (χ2n) is 7.18. The van der Waals surface area contributed by atoms with Crippen LogP contribution in [0.4, 0.5) is 0 Å². The fourth-order valence-electron chi connectivity index (χ4n) is 2.93. The van der Waals surface area contributed by atoms with E-state index in [2.05, 4.69) is 0 Å². The van der Waals surface area contributed by atoms with Gasteiger partial charge in [-0.1, -0.05) is 24.3 Å². The molecule has 0 fully saturated rings. The minimum atomic E-state index is -1.06. The van der Waals surface area contributed by atoms with Gasteiger partial charge in [-0.05, 0) is 50.6 Å². The number of ketones is 1. The zero-order chi connectivity index (χ0) is 18.9. The molecule has 5 heteroatoms. The van der Waals surface area contributed by atoms with E-state index in [4.69, 9.17) is 14.2 Å². The van der Waals surface area contributed by atoms with E-state index in [0.717, 1.165) is 0 Å². The number of rotatable bonds is 3. The summed E-state index contributed by atoms with van der Waals surface area (Å²) >= 11 is 0. The van der Waals surface area contributed by atoms with Crippen molar-refractivity contribution in [2.24, 2.45) is 5.92 Å². The van der Waals surface area contributed by atoms with Crippen molar-refractivity contribution in [3.8, 4) is 11.5 Å². The van der Waals surface area contributed by atoms with Gasteiger partial charge in [0, 0.05) is 0 Å². The lowest BCUT2D eigenvalue weighted by Gasteiger charge is -2.33. The number of para-hydroxylation sites is 1. The van der Waals surface area contributed by atoms with Gasteiger partial charge < -0.3 is 14.2 Å². The SMILES string of the molecule is COc1ccc([C@@H]2Oc3ccccc3C(=O)[C@H]2C(=O)OC(C)(C)C)cc1. The lowest BCUT2D eigenvalue weighted by molar-refractivity contribution is -0.161. The van der Waals surface area contributed by atoms with E-state index in [0.29, 0.717) is 22.6 Å². The molecular weight excluding hydrogens is 332 g/mol. The molecule has 0 spiro atoms. The van der Waals surface area contributed by atoms with Crippen molar-refractivity contribution in [3.63, 3.8) is 0 Å². The van der Waals surface area contributed by atoms with Gasteiger partial charge in [-0.2, -0.15) is 0 Å². The molecule has 0 aliphatic carbocycles. The number of hydrogen-bond acceptors (Lipinski definition) is 5. The van der Waals surface area contributed by atoms with Crippen LogP contribution in [0.5, 0.6) is 11.5 Å². The third-order valence-corrected chi connectivity index (χ3v) is 4.10. The van der Waals surface area contributed by atoms with E-state index in [1.807, 2.05) is 0 Å². The van der Waals surface area contributed by atoms with Crippen LogP contribution in [0.3, 0.4) is 0 Å². The number of carbonyl (C=O) groups excluding carboxylic acids is 2. The molecule has 0 saturated heterocycles. The number of fused-ring (bicyclic) bond motifs is 1. The lowest BCUT2D eigenvalue weighted by Crippen LogP contribution is -2.40. The van der Waals surface area contributed by atoms with Gasteiger partial charge in [0.25, 0.3) is 0 Å². The quantitative estimate of drug-likeness (QED) is 0.616. The van der Waals surface area contributed by atoms with E-state index < -0.39 is 23.6 Å². The molecule has 1 heterocycles. The minimum Gasteiger partial charge on any atom is -0.497 e. The molecule has 0 saturated carbocycles. The molecule has 0 aromatic heterocycles. The maximum absolute atomic E-state index is 13.0. The summed E-state index contributed by atoms with van der Waals surface area (Å²) in [5.41, 5.74) is 0.413. The predicted molar refractivity (Wildman–Crippen MR) is 96.5 cm³/mol. The summed E-state index contributed by atoms with van der Waals surface area (Å²) in [5.74, 6) is -0.777. The van der Waals surface area contributed by atoms with Crippen molar-refractivity contribution in [1.29, 1.82) is 0 Å². The Hall–Kier alpha value is -2.82. The Balaban J connectivity index is 2.03. The maximum Gasteiger partial charge on any atom is 0.321 e. The third-order valence-electron chi connectivity index (χ3n) is 4.10. The first kappa shape index (κ1) is 18.0. The fourth-order valence-corrected chi connectivity index (χ4v) is 2.93. The Morgan fingerprint density at radius 1 is 1.04 bits per heavy atom. The number of Topliss-reactive ketones (excluding diaryl/α,β-unsaturated/α-hetero) is 1. The van der Waals surface area contributed by atoms with Crippen molar-refractivity contribution in [3.05, 3.63) is 59.7 Å². The van der Waals surface area contributed by atoms with Gasteiger partial charge in [-0.3, -0.25) is 9.59 Å². The number of hydrogen-bond donors (Lipinski definition) is 0. The molecule has 26 heavy (non-hydrogen) atoms. The standard InChI is InChI=1S/C21H22O5/c1-21(2,3)26-20(23)17-18(22)15-7-5-6-8-16(15)25-19(17)13-9-11-14(24-4)12-10-13/h5-12,17,19H,1-4H3/t17-,19+/m1/s1. The highest BCUT2D eigenvalue weighted by molar-refractivity contribution is 6.11. The molecule has 2 aromatic carbocycles. The van der Waals surface area contributed by atoms with Crippen LogP contribution in [-0.4, -0.2) is 24.5 Å². The van der Waals surface area contributed by atoms with Crippen LogP contribution in [0.2, 0.25) is 0 Å². The van der Waals surface area contributed by atoms with E-state index >= 15 is 0 Å². The first-order valence-corrected chi connectivity index (χ1v) is 8.47. The molecule has 2 atom stereocenters. The van der Waals surface area contributed by atoms with Crippen molar-refractivity contribution < 1.29 is 23.8 Å². The molecule has 0 bridgehead atoms. The van der Waals surface area contributed by atoms with Crippen molar-refractivity contribution in [2.75, 3.05) is 7.11 Å². The molecule has 0 amide bonds. The Morgan fingerprint density at radius 3 is 2.31 bits per heavy atom. The van der Waals surface area contributed by atoms with Crippen LogP contribution in [0, 0.1) is 5.92 Å². The fraction of sp³-hybridized carbons (Fsp3) is 0.333. The molecule has 2 aromatic rings. The van der Waals surface area contributed by atoms with Gasteiger partial charge in [-0.25, -0.2) is 0 Å². The van der Waals surface area contributed by atoms with Gasteiger partial charge in [0.15, 0.2) is 11.7 Å². The highest BCUT2D eigenvalue weighted by atomic mass is 16.6. The zero-order valence-electron chi connectivity index (χ0n) is 15.3. The Bertz CT molecular complexity index is 817. The largest absolute Gasteiger partial charge is 0.497 e. The summed E-state index contributed by atoms with van der Waals surface area (Å²) < 4.78 is 16.7. The second-order valence-corrected chi connectivity index (χ2v) is 7.18. The maximum atomic E-state index is 13.0. The van der Waals surface area contributed by atoms with Crippen molar-refractivity contribution in [1.82, 2.24) is 0 Å². The van der Waals surface area contributed by atoms with E-state index in [9.17, 15) is 9.59 Å². The molecule has 1 aliphatic heterocycles. The summed E-state index contributed by atoms with van der Waals surface area (Å²) in [4.78, 5) is 25.8. The van der Waals surface area contributed by atoms with Crippen LogP contribution < -0.4 is 9.47 Å². The van der Waals surface area contributed by atoms with Gasteiger partial charge in [0.05, 0.1) is 12.7 Å². The van der Waals surface area contributed by atoms with Crippen molar-refractivity contribution in [2.45, 2.75) is 32.5 Å². The normalized spacial score (nSPS) is 19.3. The molecule has 0 unspecified atom stereocenters. The van der Waals surface area contributed by atoms with Gasteiger partial charge in [0.2, 0.25) is 0 Å². The first-order chi connectivity index (χ1) is 12.3. The van der Waals surface area contributed by atoms with Crippen LogP contribution in [0.1, 0.15) is 42.8 Å². The molecule has 5 nitrogen and oxygen atoms in total. The highest BCUT2D eigenvalue weighted by Crippen LogP contribution is 2.40. The highest BCUT2D eigenvalue weighted by Gasteiger charge is 2.45. The molecule has 0 radical (unpaired) electrons. The molecule has 3 rings (SSSR count). The van der Waals surface area contributed by atoms with Crippen LogP contribution in [0.15, 0.2) is 48.5 Å².